The minimum atomic E-state index is 0.353. The fraction of sp³-hybridized carbons (Fsp3) is 0.842. The summed E-state index contributed by atoms with van der Waals surface area (Å²) < 4.78 is 4.53. The molecule has 0 spiro atoms. The summed E-state index contributed by atoms with van der Waals surface area (Å²) in [5.74, 6) is 0. The maximum absolute atomic E-state index is 13.3. The van der Waals surface area contributed by atoms with Crippen LogP contribution in [0.25, 0.3) is 0 Å². The van der Waals surface area contributed by atoms with Crippen LogP contribution in [0.1, 0.15) is 101 Å². The topological polar surface area (TPSA) is 26.9 Å². The van der Waals surface area contributed by atoms with Gasteiger partial charge in [0.2, 0.25) is 0 Å². The third-order valence-electron chi connectivity index (χ3n) is 6.28. The molecule has 2 fully saturated rings. The Labute approximate surface area is 133 Å². The van der Waals surface area contributed by atoms with Gasteiger partial charge in [0.05, 0.1) is 0 Å². The summed E-state index contributed by atoms with van der Waals surface area (Å²) in [5.41, 5.74) is 3.20. The number of hydrogen-bond acceptors (Lipinski definition) is 1. The molecule has 1 heterocycles. The normalized spacial score (nSPS) is 24.4. The molecule has 0 bridgehead atoms. The van der Waals surface area contributed by atoms with Crippen molar-refractivity contribution in [2.75, 3.05) is 0 Å². The van der Waals surface area contributed by atoms with Gasteiger partial charge in [-0.2, -0.15) is 0 Å². The van der Waals surface area contributed by atoms with E-state index >= 15 is 0 Å². The van der Waals surface area contributed by atoms with E-state index in [9.17, 15) is 4.79 Å². The molecular weight excluding hydrogens is 272 g/mol. The number of imidazole rings is 1. The van der Waals surface area contributed by atoms with Crippen molar-refractivity contribution in [3.8, 4) is 0 Å². The lowest BCUT2D eigenvalue weighted by molar-refractivity contribution is 0.317. The molecule has 3 nitrogen and oxygen atoms in total. The maximum atomic E-state index is 13.3. The smallest absolute Gasteiger partial charge is 0.293 e. The summed E-state index contributed by atoms with van der Waals surface area (Å²) in [5, 5.41) is 0. The van der Waals surface area contributed by atoms with Crippen LogP contribution >= 0.6 is 0 Å². The zero-order valence-corrected chi connectivity index (χ0v) is 13.9. The summed E-state index contributed by atoms with van der Waals surface area (Å²) in [4.78, 5) is 13.3. The quantitative estimate of drug-likeness (QED) is 0.788. The monoisotopic (exact) mass is 302 g/mol. The van der Waals surface area contributed by atoms with E-state index in [1.54, 1.807) is 0 Å². The molecular formula is C19H30N2O. The SMILES string of the molecule is O=c1n(C2CCCCC2)c2c(n1C1CCCCC1)CCCC2. The Morgan fingerprint density at radius 3 is 1.41 bits per heavy atom. The van der Waals surface area contributed by atoms with Crippen LogP contribution in [0, 0.1) is 0 Å². The lowest BCUT2D eigenvalue weighted by atomic mass is 9.93. The van der Waals surface area contributed by atoms with Gasteiger partial charge in [0.15, 0.2) is 0 Å². The second-order valence-electron chi connectivity index (χ2n) is 7.71. The average Bonchev–Trinajstić information content (AvgIpc) is 2.88. The molecule has 0 N–H and O–H groups in total. The van der Waals surface area contributed by atoms with Gasteiger partial charge in [-0.15, -0.1) is 0 Å². The van der Waals surface area contributed by atoms with Crippen molar-refractivity contribution in [3.63, 3.8) is 0 Å². The molecule has 3 aliphatic rings. The highest BCUT2D eigenvalue weighted by atomic mass is 16.2. The molecule has 0 atom stereocenters. The van der Waals surface area contributed by atoms with E-state index in [0.717, 1.165) is 12.8 Å². The Morgan fingerprint density at radius 2 is 1.00 bits per heavy atom. The van der Waals surface area contributed by atoms with Crippen molar-refractivity contribution in [3.05, 3.63) is 21.9 Å². The minimum Gasteiger partial charge on any atom is -0.293 e. The highest BCUT2D eigenvalue weighted by Gasteiger charge is 2.30. The number of fused-ring (bicyclic) bond motifs is 1. The van der Waals surface area contributed by atoms with Crippen LogP contribution in [0.2, 0.25) is 0 Å². The highest BCUT2D eigenvalue weighted by molar-refractivity contribution is 5.21. The first-order valence-electron chi connectivity index (χ1n) is 9.71. The third kappa shape index (κ3) is 2.47. The Morgan fingerprint density at radius 1 is 0.591 bits per heavy atom. The van der Waals surface area contributed by atoms with Gasteiger partial charge in [-0.1, -0.05) is 38.5 Å². The first kappa shape index (κ1) is 14.6. The fourth-order valence-electron chi connectivity index (χ4n) is 5.17. The van der Waals surface area contributed by atoms with E-state index < -0.39 is 0 Å². The third-order valence-corrected chi connectivity index (χ3v) is 6.28. The van der Waals surface area contributed by atoms with E-state index in [0.29, 0.717) is 17.8 Å². The molecule has 122 valence electrons. The van der Waals surface area contributed by atoms with Crippen molar-refractivity contribution < 1.29 is 0 Å². The number of rotatable bonds is 2. The Kier molecular flexibility index (Phi) is 4.15. The van der Waals surface area contributed by atoms with Gasteiger partial charge in [-0.05, 0) is 51.4 Å². The predicted molar refractivity (Wildman–Crippen MR) is 89.6 cm³/mol. The second kappa shape index (κ2) is 6.25. The van der Waals surface area contributed by atoms with Crippen LogP contribution in [-0.4, -0.2) is 9.13 Å². The van der Waals surface area contributed by atoms with Crippen molar-refractivity contribution >= 4 is 0 Å². The predicted octanol–water partition coefficient (Wildman–Crippen LogP) is 4.54. The molecule has 0 saturated heterocycles. The largest absolute Gasteiger partial charge is 0.329 e. The molecule has 0 aliphatic heterocycles. The Bertz CT molecular complexity index is 522. The van der Waals surface area contributed by atoms with Crippen LogP contribution in [-0.2, 0) is 12.8 Å². The lowest BCUT2D eigenvalue weighted by Crippen LogP contribution is -2.32. The van der Waals surface area contributed by atoms with Crippen molar-refractivity contribution in [1.82, 2.24) is 9.13 Å². The maximum Gasteiger partial charge on any atom is 0.329 e. The van der Waals surface area contributed by atoms with Gasteiger partial charge in [-0.3, -0.25) is 9.13 Å². The van der Waals surface area contributed by atoms with Gasteiger partial charge in [0, 0.05) is 23.5 Å². The van der Waals surface area contributed by atoms with Gasteiger partial charge >= 0.3 is 5.69 Å². The minimum absolute atomic E-state index is 0.353. The molecule has 0 unspecified atom stereocenters. The standard InChI is InChI=1S/C19H30N2O/c22-19-20(15-9-3-1-4-10-15)17-13-7-8-14-18(17)21(19)16-11-5-2-6-12-16/h15-16H,1-14H2. The molecule has 4 rings (SSSR count). The summed E-state index contributed by atoms with van der Waals surface area (Å²) in [6.45, 7) is 0. The summed E-state index contributed by atoms with van der Waals surface area (Å²) in [6.07, 6.45) is 17.7. The van der Waals surface area contributed by atoms with Crippen LogP contribution in [0.15, 0.2) is 4.79 Å². The molecule has 3 heteroatoms. The molecule has 3 aliphatic carbocycles. The van der Waals surface area contributed by atoms with E-state index in [1.165, 1.54) is 88.4 Å². The Balaban J connectivity index is 1.77. The Hall–Kier alpha value is -0.990. The van der Waals surface area contributed by atoms with Crippen molar-refractivity contribution in [2.45, 2.75) is 102 Å². The molecule has 2 saturated carbocycles. The highest BCUT2D eigenvalue weighted by Crippen LogP contribution is 2.35. The van der Waals surface area contributed by atoms with Crippen LogP contribution in [0.4, 0.5) is 0 Å². The molecule has 0 aromatic carbocycles. The number of nitrogens with zero attached hydrogens (tertiary/aromatic N) is 2. The van der Waals surface area contributed by atoms with Gasteiger partial charge in [0.1, 0.15) is 0 Å². The van der Waals surface area contributed by atoms with Crippen molar-refractivity contribution in [2.24, 2.45) is 0 Å². The van der Waals surface area contributed by atoms with Crippen LogP contribution < -0.4 is 5.69 Å². The van der Waals surface area contributed by atoms with Crippen LogP contribution in [0.3, 0.4) is 0 Å². The number of aromatic nitrogens is 2. The second-order valence-corrected chi connectivity index (χ2v) is 7.71. The summed E-state index contributed by atoms with van der Waals surface area (Å²) in [7, 11) is 0. The van der Waals surface area contributed by atoms with Gasteiger partial charge in [0.25, 0.3) is 0 Å². The van der Waals surface area contributed by atoms with E-state index in [2.05, 4.69) is 9.13 Å². The molecule has 1 aromatic rings. The molecule has 0 radical (unpaired) electrons. The summed E-state index contributed by atoms with van der Waals surface area (Å²) in [6, 6.07) is 0.996. The first-order chi connectivity index (χ1) is 10.9. The first-order valence-corrected chi connectivity index (χ1v) is 9.71. The van der Waals surface area contributed by atoms with Crippen molar-refractivity contribution in [1.29, 1.82) is 0 Å². The zero-order chi connectivity index (χ0) is 14.9. The van der Waals surface area contributed by atoms with Gasteiger partial charge < -0.3 is 0 Å². The van der Waals surface area contributed by atoms with E-state index in [-0.39, 0.29) is 0 Å². The van der Waals surface area contributed by atoms with Crippen LogP contribution in [0.5, 0.6) is 0 Å². The van der Waals surface area contributed by atoms with E-state index in [4.69, 9.17) is 0 Å². The lowest BCUT2D eigenvalue weighted by Gasteiger charge is -2.25. The zero-order valence-electron chi connectivity index (χ0n) is 13.9. The average molecular weight is 302 g/mol. The fourth-order valence-corrected chi connectivity index (χ4v) is 5.17. The molecule has 22 heavy (non-hydrogen) atoms. The van der Waals surface area contributed by atoms with Gasteiger partial charge in [-0.25, -0.2) is 4.79 Å². The number of hydrogen-bond donors (Lipinski definition) is 0. The molecule has 0 amide bonds. The molecule has 1 aromatic heterocycles. The summed E-state index contributed by atoms with van der Waals surface area (Å²) >= 11 is 0. The van der Waals surface area contributed by atoms with E-state index in [1.807, 2.05) is 0 Å².